The van der Waals surface area contributed by atoms with Crippen LogP contribution in [0.25, 0.3) is 0 Å². The van der Waals surface area contributed by atoms with Gasteiger partial charge in [-0.25, -0.2) is 0 Å². The molecular weight excluding hydrogens is 436 g/mol. The first-order valence-corrected chi connectivity index (χ1v) is 12.8. The molecule has 0 spiro atoms. The van der Waals surface area contributed by atoms with Gasteiger partial charge in [-0.3, -0.25) is 0 Å². The molecule has 2 nitrogen and oxygen atoms in total. The van der Waals surface area contributed by atoms with Crippen molar-refractivity contribution in [2.75, 3.05) is 9.80 Å². The zero-order valence-corrected chi connectivity index (χ0v) is 21.0. The lowest BCUT2D eigenvalue weighted by molar-refractivity contribution is 1.07. The number of rotatable bonds is 8. The van der Waals surface area contributed by atoms with Gasteiger partial charge >= 0.3 is 0 Å². The lowest BCUT2D eigenvalue weighted by atomic mass is 9.99. The molecule has 0 unspecified atom stereocenters. The first-order valence-electron chi connectivity index (χ1n) is 12.8. The minimum atomic E-state index is 0.930. The summed E-state index contributed by atoms with van der Waals surface area (Å²) in [7, 11) is 0. The Morgan fingerprint density at radius 1 is 0.389 bits per heavy atom. The summed E-state index contributed by atoms with van der Waals surface area (Å²) in [6.07, 6.45) is 1.86. The number of anilines is 6. The molecule has 0 atom stereocenters. The monoisotopic (exact) mass is 468 g/mol. The van der Waals surface area contributed by atoms with Gasteiger partial charge in [-0.1, -0.05) is 86.6 Å². The van der Waals surface area contributed by atoms with E-state index in [4.69, 9.17) is 0 Å². The van der Waals surface area contributed by atoms with Crippen LogP contribution in [0.4, 0.5) is 34.1 Å². The van der Waals surface area contributed by atoms with E-state index in [-0.39, 0.29) is 0 Å². The van der Waals surface area contributed by atoms with Crippen molar-refractivity contribution in [1.29, 1.82) is 0 Å². The third kappa shape index (κ3) is 4.76. The standard InChI is InChI=1S/C34H32N2/c1-3-27-25-34(36(31-21-13-7-14-22-31)32-23-15-8-16-24-32)28(4-2)26-33(27)35(29-17-9-5-10-18-29)30-19-11-6-12-20-30/h5-26H,3-4H2,1-2H3. The van der Waals surface area contributed by atoms with E-state index in [1.807, 2.05) is 0 Å². The second-order valence-corrected chi connectivity index (χ2v) is 8.83. The molecule has 0 aliphatic rings. The number of benzene rings is 5. The summed E-state index contributed by atoms with van der Waals surface area (Å²) in [5, 5.41) is 0. The van der Waals surface area contributed by atoms with Crippen LogP contribution in [0.5, 0.6) is 0 Å². The summed E-state index contributed by atoms with van der Waals surface area (Å²) in [6.45, 7) is 4.50. The largest absolute Gasteiger partial charge is 0.310 e. The van der Waals surface area contributed by atoms with E-state index in [9.17, 15) is 0 Å². The molecule has 5 aromatic carbocycles. The molecule has 0 saturated carbocycles. The zero-order valence-electron chi connectivity index (χ0n) is 21.0. The molecule has 0 fully saturated rings. The Morgan fingerprint density at radius 2 is 0.639 bits per heavy atom. The molecule has 0 aliphatic carbocycles. The van der Waals surface area contributed by atoms with Gasteiger partial charge < -0.3 is 9.80 Å². The van der Waals surface area contributed by atoms with Crippen LogP contribution in [0.15, 0.2) is 133 Å². The number of nitrogens with zero attached hydrogens (tertiary/aromatic N) is 2. The van der Waals surface area contributed by atoms with Crippen molar-refractivity contribution < 1.29 is 0 Å². The zero-order chi connectivity index (χ0) is 24.7. The molecule has 0 radical (unpaired) electrons. The van der Waals surface area contributed by atoms with Crippen molar-refractivity contribution in [3.8, 4) is 0 Å². The quantitative estimate of drug-likeness (QED) is 0.224. The number of hydrogen-bond acceptors (Lipinski definition) is 2. The van der Waals surface area contributed by atoms with E-state index >= 15 is 0 Å². The van der Waals surface area contributed by atoms with Gasteiger partial charge in [0.2, 0.25) is 0 Å². The summed E-state index contributed by atoms with van der Waals surface area (Å²) < 4.78 is 0. The van der Waals surface area contributed by atoms with Gasteiger partial charge in [-0.15, -0.1) is 0 Å². The van der Waals surface area contributed by atoms with Crippen molar-refractivity contribution >= 4 is 34.1 Å². The number of para-hydroxylation sites is 4. The molecule has 0 aromatic heterocycles. The minimum Gasteiger partial charge on any atom is -0.310 e. The Morgan fingerprint density at radius 3 is 0.861 bits per heavy atom. The lowest BCUT2D eigenvalue weighted by Crippen LogP contribution is -2.16. The summed E-state index contributed by atoms with van der Waals surface area (Å²) in [5.41, 5.74) is 9.74. The lowest BCUT2D eigenvalue weighted by Gasteiger charge is -2.32. The Hall–Kier alpha value is -4.30. The topological polar surface area (TPSA) is 6.48 Å². The smallest absolute Gasteiger partial charge is 0.0497 e. The molecule has 0 saturated heterocycles. The summed E-state index contributed by atoms with van der Waals surface area (Å²) in [5.74, 6) is 0. The maximum atomic E-state index is 2.40. The van der Waals surface area contributed by atoms with E-state index in [1.54, 1.807) is 0 Å². The highest BCUT2D eigenvalue weighted by molar-refractivity contribution is 5.84. The molecule has 2 heteroatoms. The van der Waals surface area contributed by atoms with Crippen LogP contribution in [-0.2, 0) is 12.8 Å². The van der Waals surface area contributed by atoms with Crippen molar-refractivity contribution in [3.63, 3.8) is 0 Å². The summed E-state index contributed by atoms with van der Waals surface area (Å²) >= 11 is 0. The fourth-order valence-electron chi connectivity index (χ4n) is 4.81. The van der Waals surface area contributed by atoms with E-state index in [2.05, 4.69) is 157 Å². The normalized spacial score (nSPS) is 10.7. The van der Waals surface area contributed by atoms with E-state index < -0.39 is 0 Å². The first-order chi connectivity index (χ1) is 17.8. The predicted molar refractivity (Wildman–Crippen MR) is 155 cm³/mol. The molecule has 0 N–H and O–H groups in total. The Bertz CT molecular complexity index is 1190. The van der Waals surface area contributed by atoms with Gasteiger partial charge in [-0.05, 0) is 84.6 Å². The fraction of sp³-hybridized carbons (Fsp3) is 0.118. The molecule has 36 heavy (non-hydrogen) atoms. The average molecular weight is 469 g/mol. The van der Waals surface area contributed by atoms with Gasteiger partial charge in [0.05, 0.1) is 0 Å². The van der Waals surface area contributed by atoms with Crippen LogP contribution >= 0.6 is 0 Å². The predicted octanol–water partition coefficient (Wildman–Crippen LogP) is 9.75. The third-order valence-corrected chi connectivity index (χ3v) is 6.58. The van der Waals surface area contributed by atoms with Crippen molar-refractivity contribution in [2.45, 2.75) is 26.7 Å². The van der Waals surface area contributed by atoms with Crippen LogP contribution in [0, 0.1) is 0 Å². The molecule has 0 amide bonds. The Labute approximate surface area is 215 Å². The number of hydrogen-bond donors (Lipinski definition) is 0. The van der Waals surface area contributed by atoms with Crippen LogP contribution < -0.4 is 9.80 Å². The highest BCUT2D eigenvalue weighted by Crippen LogP contribution is 2.43. The van der Waals surface area contributed by atoms with Crippen LogP contribution in [0.1, 0.15) is 25.0 Å². The highest BCUT2D eigenvalue weighted by atomic mass is 15.2. The average Bonchev–Trinajstić information content (AvgIpc) is 2.96. The minimum absolute atomic E-state index is 0.930. The second-order valence-electron chi connectivity index (χ2n) is 8.83. The van der Waals surface area contributed by atoms with Crippen LogP contribution in [-0.4, -0.2) is 0 Å². The van der Waals surface area contributed by atoms with E-state index in [0.717, 1.165) is 35.6 Å². The van der Waals surface area contributed by atoms with Gasteiger partial charge in [0.25, 0.3) is 0 Å². The maximum Gasteiger partial charge on any atom is 0.0497 e. The van der Waals surface area contributed by atoms with Gasteiger partial charge in [0.15, 0.2) is 0 Å². The molecule has 0 heterocycles. The van der Waals surface area contributed by atoms with Crippen molar-refractivity contribution in [1.82, 2.24) is 0 Å². The van der Waals surface area contributed by atoms with Crippen LogP contribution in [0.2, 0.25) is 0 Å². The van der Waals surface area contributed by atoms with Crippen molar-refractivity contribution in [2.24, 2.45) is 0 Å². The van der Waals surface area contributed by atoms with Gasteiger partial charge in [0, 0.05) is 34.1 Å². The van der Waals surface area contributed by atoms with Gasteiger partial charge in [0.1, 0.15) is 0 Å². The maximum absolute atomic E-state index is 2.40. The molecule has 0 bridgehead atoms. The van der Waals surface area contributed by atoms with Crippen LogP contribution in [0.3, 0.4) is 0 Å². The third-order valence-electron chi connectivity index (χ3n) is 6.58. The SMILES string of the molecule is CCc1cc(N(c2ccccc2)c2ccccc2)c(CC)cc1N(c1ccccc1)c1ccccc1. The summed E-state index contributed by atoms with van der Waals surface area (Å²) in [4.78, 5) is 4.77. The molecular formula is C34H32N2. The van der Waals surface area contributed by atoms with Gasteiger partial charge in [-0.2, -0.15) is 0 Å². The molecule has 0 aliphatic heterocycles. The fourth-order valence-corrected chi connectivity index (χ4v) is 4.81. The Balaban J connectivity index is 1.73. The van der Waals surface area contributed by atoms with Crippen molar-refractivity contribution in [3.05, 3.63) is 145 Å². The Kier molecular flexibility index (Phi) is 7.14. The van der Waals surface area contributed by atoms with E-state index in [1.165, 1.54) is 22.5 Å². The first kappa shape index (κ1) is 23.4. The van der Waals surface area contributed by atoms with E-state index in [0.29, 0.717) is 0 Å². The molecule has 5 rings (SSSR count). The summed E-state index contributed by atoms with van der Waals surface area (Å²) in [6, 6.07) is 47.5. The molecule has 178 valence electrons. The highest BCUT2D eigenvalue weighted by Gasteiger charge is 2.21. The molecule has 5 aromatic rings. The number of aryl methyl sites for hydroxylation is 2. The second kappa shape index (κ2) is 11.0.